The van der Waals surface area contributed by atoms with Gasteiger partial charge in [0.25, 0.3) is 0 Å². The lowest BCUT2D eigenvalue weighted by Crippen LogP contribution is -2.38. The van der Waals surface area contributed by atoms with Gasteiger partial charge >= 0.3 is 12.2 Å². The van der Waals surface area contributed by atoms with Crippen molar-refractivity contribution < 1.29 is 23.5 Å². The predicted molar refractivity (Wildman–Crippen MR) is 127 cm³/mol. The molecule has 180 valence electrons. The van der Waals surface area contributed by atoms with Gasteiger partial charge in [-0.2, -0.15) is 0 Å². The molecule has 0 saturated heterocycles. The molecular formula is C24H32FN3O4S. The molecule has 1 fully saturated rings. The molecular weight excluding hydrogens is 445 g/mol. The smallest absolute Gasteiger partial charge is 0.414 e. The number of rotatable bonds is 6. The second-order valence-electron chi connectivity index (χ2n) is 8.87. The van der Waals surface area contributed by atoms with E-state index >= 15 is 0 Å². The highest BCUT2D eigenvalue weighted by Crippen LogP contribution is 2.38. The van der Waals surface area contributed by atoms with Crippen LogP contribution in [0.15, 0.2) is 24.4 Å². The van der Waals surface area contributed by atoms with E-state index in [0.29, 0.717) is 17.2 Å². The molecule has 1 heterocycles. The first kappa shape index (κ1) is 25.0. The van der Waals surface area contributed by atoms with Gasteiger partial charge in [0.2, 0.25) is 0 Å². The van der Waals surface area contributed by atoms with Crippen molar-refractivity contribution in [2.45, 2.75) is 77.5 Å². The van der Waals surface area contributed by atoms with E-state index in [4.69, 9.17) is 9.47 Å². The Hall–Kier alpha value is -2.68. The number of nitrogens with zero attached hydrogens (tertiary/aromatic N) is 2. The van der Waals surface area contributed by atoms with Crippen molar-refractivity contribution in [3.05, 3.63) is 35.2 Å². The molecule has 7 nitrogen and oxygen atoms in total. The monoisotopic (exact) mass is 477 g/mol. The number of aromatic nitrogens is 1. The Kier molecular flexibility index (Phi) is 8.29. The average Bonchev–Trinajstić information content (AvgIpc) is 3.22. The number of hydrogen-bond donors (Lipinski definition) is 1. The number of ether oxygens (including phenoxy) is 2. The number of alkyl carbamates (subject to hydrolysis) is 1. The number of anilines is 1. The molecule has 1 saturated carbocycles. The summed E-state index contributed by atoms with van der Waals surface area (Å²) in [6.45, 7) is 7.18. The Balaban J connectivity index is 1.61. The van der Waals surface area contributed by atoms with E-state index in [1.807, 2.05) is 13.8 Å². The van der Waals surface area contributed by atoms with Gasteiger partial charge in [0.1, 0.15) is 5.82 Å². The highest BCUT2D eigenvalue weighted by Gasteiger charge is 2.26. The summed E-state index contributed by atoms with van der Waals surface area (Å²) in [5.74, 6) is -0.120. The van der Waals surface area contributed by atoms with Crippen LogP contribution in [-0.4, -0.2) is 42.5 Å². The Morgan fingerprint density at radius 3 is 2.39 bits per heavy atom. The summed E-state index contributed by atoms with van der Waals surface area (Å²) in [7, 11) is 1.55. The lowest BCUT2D eigenvalue weighted by Gasteiger charge is -2.28. The minimum Gasteiger partial charge on any atom is -0.447 e. The van der Waals surface area contributed by atoms with Gasteiger partial charge in [0.05, 0.1) is 22.1 Å². The zero-order valence-corrected chi connectivity index (χ0v) is 20.6. The topological polar surface area (TPSA) is 80.8 Å². The standard InChI is InChI=1S/C24H32FN3O4S/c1-14(2)31-23(29)27-17-8-6-16(7-9-17)22-26-13-21(33-22)19-11-10-18(12-20(19)25)28(5)24(30)32-15(3)4/h10-17H,6-9H2,1-5H3,(H,27,29)/t16-,17-. The predicted octanol–water partition coefficient (Wildman–Crippen LogP) is 6.09. The van der Waals surface area contributed by atoms with E-state index in [1.54, 1.807) is 39.2 Å². The third kappa shape index (κ3) is 6.66. The molecule has 0 unspecified atom stereocenters. The number of nitrogens with one attached hydrogen (secondary N) is 1. The molecule has 2 amide bonds. The summed E-state index contributed by atoms with van der Waals surface area (Å²) < 4.78 is 25.2. The number of carbonyl (C=O) groups is 2. The molecule has 2 aromatic rings. The number of benzene rings is 1. The fourth-order valence-electron chi connectivity index (χ4n) is 3.80. The van der Waals surface area contributed by atoms with E-state index in [-0.39, 0.29) is 24.3 Å². The molecule has 33 heavy (non-hydrogen) atoms. The molecule has 0 aliphatic heterocycles. The van der Waals surface area contributed by atoms with Crippen LogP contribution in [0.3, 0.4) is 0 Å². The number of carbonyl (C=O) groups excluding carboxylic acids is 2. The zero-order valence-electron chi connectivity index (χ0n) is 19.8. The molecule has 1 aliphatic rings. The lowest BCUT2D eigenvalue weighted by atomic mass is 9.86. The quantitative estimate of drug-likeness (QED) is 0.544. The molecule has 0 atom stereocenters. The minimum atomic E-state index is -0.528. The number of hydrogen-bond acceptors (Lipinski definition) is 6. The summed E-state index contributed by atoms with van der Waals surface area (Å²) in [5, 5.41) is 3.91. The molecule has 0 bridgehead atoms. The second-order valence-corrected chi connectivity index (χ2v) is 9.93. The molecule has 3 rings (SSSR count). The van der Waals surface area contributed by atoms with Crippen LogP contribution in [0, 0.1) is 5.82 Å². The molecule has 9 heteroatoms. The number of halogens is 1. The van der Waals surface area contributed by atoms with E-state index in [9.17, 15) is 14.0 Å². The van der Waals surface area contributed by atoms with Crippen LogP contribution in [0.2, 0.25) is 0 Å². The van der Waals surface area contributed by atoms with Crippen molar-refractivity contribution in [3.8, 4) is 10.4 Å². The van der Waals surface area contributed by atoms with Crippen molar-refractivity contribution in [2.24, 2.45) is 0 Å². The number of amides is 2. The maximum atomic E-state index is 14.9. The van der Waals surface area contributed by atoms with Crippen molar-refractivity contribution in [1.29, 1.82) is 0 Å². The minimum absolute atomic E-state index is 0.108. The van der Waals surface area contributed by atoms with E-state index in [1.165, 1.54) is 22.3 Å². The van der Waals surface area contributed by atoms with Crippen LogP contribution in [-0.2, 0) is 9.47 Å². The van der Waals surface area contributed by atoms with Gasteiger partial charge < -0.3 is 14.8 Å². The van der Waals surface area contributed by atoms with Crippen LogP contribution in [0.5, 0.6) is 0 Å². The van der Waals surface area contributed by atoms with Crippen molar-refractivity contribution in [3.63, 3.8) is 0 Å². The summed E-state index contributed by atoms with van der Waals surface area (Å²) in [6.07, 6.45) is 3.95. The summed E-state index contributed by atoms with van der Waals surface area (Å²) in [5.41, 5.74) is 0.883. The maximum Gasteiger partial charge on any atom is 0.414 e. The first-order valence-electron chi connectivity index (χ1n) is 11.3. The highest BCUT2D eigenvalue weighted by molar-refractivity contribution is 7.15. The lowest BCUT2D eigenvalue weighted by molar-refractivity contribution is 0.109. The van der Waals surface area contributed by atoms with Gasteiger partial charge in [-0.05, 0) is 71.6 Å². The molecule has 1 N–H and O–H groups in total. The Labute approximate surface area is 198 Å². The van der Waals surface area contributed by atoms with Gasteiger partial charge in [0.15, 0.2) is 0 Å². The zero-order chi connectivity index (χ0) is 24.1. The van der Waals surface area contributed by atoms with E-state index < -0.39 is 11.9 Å². The highest BCUT2D eigenvalue weighted by atomic mass is 32.1. The van der Waals surface area contributed by atoms with Crippen LogP contribution in [0.4, 0.5) is 19.7 Å². The van der Waals surface area contributed by atoms with Gasteiger partial charge in [-0.3, -0.25) is 4.90 Å². The second kappa shape index (κ2) is 11.0. The molecule has 1 aliphatic carbocycles. The van der Waals surface area contributed by atoms with Crippen LogP contribution < -0.4 is 10.2 Å². The van der Waals surface area contributed by atoms with Crippen LogP contribution in [0.1, 0.15) is 64.3 Å². The van der Waals surface area contributed by atoms with E-state index in [2.05, 4.69) is 10.3 Å². The summed E-state index contributed by atoms with van der Waals surface area (Å²) >= 11 is 1.49. The van der Waals surface area contributed by atoms with Crippen LogP contribution in [0.25, 0.3) is 10.4 Å². The largest absolute Gasteiger partial charge is 0.447 e. The third-order valence-electron chi connectivity index (χ3n) is 5.48. The van der Waals surface area contributed by atoms with Crippen molar-refractivity contribution in [2.75, 3.05) is 11.9 Å². The SMILES string of the molecule is CC(C)OC(=O)N[C@H]1CC[C@H](c2ncc(-c3ccc(N(C)C(=O)OC(C)C)cc3F)s2)CC1. The fraction of sp³-hybridized carbons (Fsp3) is 0.542. The van der Waals surface area contributed by atoms with E-state index in [0.717, 1.165) is 35.6 Å². The molecule has 0 radical (unpaired) electrons. The van der Waals surface area contributed by atoms with Gasteiger partial charge in [-0.1, -0.05) is 0 Å². The summed E-state index contributed by atoms with van der Waals surface area (Å²) in [4.78, 5) is 30.5. The normalized spacial score (nSPS) is 18.3. The van der Waals surface area contributed by atoms with Crippen molar-refractivity contribution >= 4 is 29.2 Å². The first-order chi connectivity index (χ1) is 15.6. The van der Waals surface area contributed by atoms with Gasteiger partial charge in [-0.25, -0.2) is 19.0 Å². The Morgan fingerprint density at radius 1 is 1.12 bits per heavy atom. The van der Waals surface area contributed by atoms with Crippen LogP contribution >= 0.6 is 11.3 Å². The Bertz CT molecular complexity index is 970. The summed E-state index contributed by atoms with van der Waals surface area (Å²) in [6, 6.07) is 4.81. The van der Waals surface area contributed by atoms with Crippen molar-refractivity contribution in [1.82, 2.24) is 10.3 Å². The first-order valence-corrected chi connectivity index (χ1v) is 12.1. The van der Waals surface area contributed by atoms with Gasteiger partial charge in [-0.15, -0.1) is 11.3 Å². The molecule has 0 spiro atoms. The average molecular weight is 478 g/mol. The maximum absolute atomic E-state index is 14.9. The Morgan fingerprint density at radius 2 is 1.79 bits per heavy atom. The fourth-order valence-corrected chi connectivity index (χ4v) is 4.91. The van der Waals surface area contributed by atoms with Gasteiger partial charge in [0, 0.05) is 36.5 Å². The molecule has 1 aromatic carbocycles. The third-order valence-corrected chi connectivity index (χ3v) is 6.67. The molecule has 1 aromatic heterocycles. The number of thiazole rings is 1.